The van der Waals surface area contributed by atoms with Crippen molar-refractivity contribution in [1.29, 1.82) is 0 Å². The van der Waals surface area contributed by atoms with Gasteiger partial charge >= 0.3 is 0 Å². The molecule has 22 heavy (non-hydrogen) atoms. The number of carbonyl (C=O) groups excluding carboxylic acids is 1. The van der Waals surface area contributed by atoms with E-state index in [9.17, 15) is 4.79 Å². The predicted octanol–water partition coefficient (Wildman–Crippen LogP) is 3.88. The molecule has 5 heteroatoms. The van der Waals surface area contributed by atoms with Crippen LogP contribution in [0.25, 0.3) is 10.2 Å². The minimum absolute atomic E-state index is 0.0342. The van der Waals surface area contributed by atoms with Gasteiger partial charge in [0.15, 0.2) is 0 Å². The number of nitrogens with zero attached hydrogens (tertiary/aromatic N) is 1. The second kappa shape index (κ2) is 6.58. The molecule has 0 aliphatic heterocycles. The Morgan fingerprint density at radius 2 is 2.05 bits per heavy atom. The van der Waals surface area contributed by atoms with Crippen LogP contribution in [0.4, 0.5) is 5.69 Å². The maximum absolute atomic E-state index is 12.1. The highest BCUT2D eigenvalue weighted by Crippen LogP contribution is 2.22. The van der Waals surface area contributed by atoms with Gasteiger partial charge in [0.05, 0.1) is 28.8 Å². The summed E-state index contributed by atoms with van der Waals surface area (Å²) in [6.45, 7) is 2.58. The Balaban J connectivity index is 1.63. The first-order chi connectivity index (χ1) is 10.7. The Morgan fingerprint density at radius 3 is 2.82 bits per heavy atom. The van der Waals surface area contributed by atoms with Crippen molar-refractivity contribution in [1.82, 2.24) is 4.98 Å². The summed E-state index contributed by atoms with van der Waals surface area (Å²) >= 11 is 1.56. The second-order valence-corrected chi connectivity index (χ2v) is 5.72. The fourth-order valence-electron chi connectivity index (χ4n) is 2.19. The topological polar surface area (TPSA) is 51.2 Å². The fraction of sp³-hybridized carbons (Fsp3) is 0.176. The summed E-state index contributed by atoms with van der Waals surface area (Å²) in [4.78, 5) is 16.3. The van der Waals surface area contributed by atoms with Gasteiger partial charge in [-0.1, -0.05) is 12.1 Å². The van der Waals surface area contributed by atoms with Gasteiger partial charge in [0, 0.05) is 5.69 Å². The molecule has 112 valence electrons. The van der Waals surface area contributed by atoms with Gasteiger partial charge in [-0.2, -0.15) is 0 Å². The van der Waals surface area contributed by atoms with E-state index in [1.165, 1.54) is 0 Å². The zero-order valence-electron chi connectivity index (χ0n) is 12.2. The van der Waals surface area contributed by atoms with Crippen molar-refractivity contribution < 1.29 is 9.53 Å². The predicted molar refractivity (Wildman–Crippen MR) is 89.6 cm³/mol. The van der Waals surface area contributed by atoms with Crippen molar-refractivity contribution in [2.24, 2.45) is 0 Å². The molecule has 0 unspecified atom stereocenters. The first-order valence-corrected chi connectivity index (χ1v) is 7.97. The molecule has 0 aliphatic carbocycles. The van der Waals surface area contributed by atoms with Crippen LogP contribution in [0.15, 0.2) is 48.0 Å². The lowest BCUT2D eigenvalue weighted by Crippen LogP contribution is -2.14. The third-order valence-electron chi connectivity index (χ3n) is 3.21. The second-order valence-electron chi connectivity index (χ2n) is 4.84. The lowest BCUT2D eigenvalue weighted by atomic mass is 10.1. The van der Waals surface area contributed by atoms with Crippen LogP contribution in [0.2, 0.25) is 0 Å². The van der Waals surface area contributed by atoms with Crippen LogP contribution >= 0.6 is 11.3 Å². The highest BCUT2D eigenvalue weighted by Gasteiger charge is 2.06. The van der Waals surface area contributed by atoms with E-state index in [0.717, 1.165) is 27.2 Å². The van der Waals surface area contributed by atoms with Crippen molar-refractivity contribution in [3.8, 4) is 5.75 Å². The van der Waals surface area contributed by atoms with Gasteiger partial charge in [0.2, 0.25) is 5.91 Å². The maximum Gasteiger partial charge on any atom is 0.228 e. The zero-order valence-corrected chi connectivity index (χ0v) is 13.0. The molecule has 3 aromatic rings. The molecule has 0 aliphatic rings. The van der Waals surface area contributed by atoms with Crippen LogP contribution in [-0.4, -0.2) is 17.5 Å². The molecular formula is C17H16N2O2S. The van der Waals surface area contributed by atoms with Crippen LogP contribution in [0.3, 0.4) is 0 Å². The van der Waals surface area contributed by atoms with Crippen LogP contribution < -0.4 is 10.1 Å². The quantitative estimate of drug-likeness (QED) is 0.778. The molecule has 1 N–H and O–H groups in total. The molecule has 0 radical (unpaired) electrons. The van der Waals surface area contributed by atoms with Gasteiger partial charge in [-0.3, -0.25) is 4.79 Å². The first-order valence-electron chi connectivity index (χ1n) is 7.09. The zero-order chi connectivity index (χ0) is 15.4. The van der Waals surface area contributed by atoms with Crippen molar-refractivity contribution in [3.63, 3.8) is 0 Å². The number of thiazole rings is 1. The summed E-state index contributed by atoms with van der Waals surface area (Å²) in [5, 5.41) is 2.92. The molecule has 0 saturated carbocycles. The van der Waals surface area contributed by atoms with Crippen molar-refractivity contribution in [2.75, 3.05) is 11.9 Å². The number of anilines is 1. The minimum atomic E-state index is -0.0342. The van der Waals surface area contributed by atoms with Gasteiger partial charge in [0.25, 0.3) is 0 Å². The summed E-state index contributed by atoms with van der Waals surface area (Å²) in [6.07, 6.45) is 0.340. The number of amides is 1. The lowest BCUT2D eigenvalue weighted by molar-refractivity contribution is -0.115. The van der Waals surface area contributed by atoms with Crippen LogP contribution in [0.5, 0.6) is 5.75 Å². The molecule has 4 nitrogen and oxygen atoms in total. The largest absolute Gasteiger partial charge is 0.494 e. The Bertz CT molecular complexity index is 781. The molecule has 0 bridgehead atoms. The van der Waals surface area contributed by atoms with E-state index in [1.54, 1.807) is 16.8 Å². The number of benzene rings is 2. The summed E-state index contributed by atoms with van der Waals surface area (Å²) in [5.41, 5.74) is 4.51. The van der Waals surface area contributed by atoms with E-state index in [2.05, 4.69) is 10.3 Å². The third-order valence-corrected chi connectivity index (χ3v) is 4.01. The number of hydrogen-bond acceptors (Lipinski definition) is 4. The number of carbonyl (C=O) groups is 1. The number of hydrogen-bond donors (Lipinski definition) is 1. The fourth-order valence-corrected chi connectivity index (χ4v) is 2.91. The molecular weight excluding hydrogens is 296 g/mol. The number of nitrogens with one attached hydrogen (secondary N) is 1. The van der Waals surface area contributed by atoms with Crippen LogP contribution in [0.1, 0.15) is 12.5 Å². The highest BCUT2D eigenvalue weighted by molar-refractivity contribution is 7.16. The number of rotatable bonds is 5. The Labute approximate surface area is 132 Å². The lowest BCUT2D eigenvalue weighted by Gasteiger charge is -2.07. The van der Waals surface area contributed by atoms with E-state index in [1.807, 2.05) is 49.4 Å². The normalized spacial score (nSPS) is 10.6. The summed E-state index contributed by atoms with van der Waals surface area (Å²) < 4.78 is 6.46. The third kappa shape index (κ3) is 3.43. The van der Waals surface area contributed by atoms with Crippen molar-refractivity contribution in [2.45, 2.75) is 13.3 Å². The monoisotopic (exact) mass is 312 g/mol. The van der Waals surface area contributed by atoms with E-state index < -0.39 is 0 Å². The SMILES string of the molecule is CCOc1ccc(CC(=O)Nc2ccc3ncsc3c2)cc1. The molecule has 3 rings (SSSR count). The number of aromatic nitrogens is 1. The molecule has 1 heterocycles. The average Bonchev–Trinajstić information content (AvgIpc) is 2.97. The van der Waals surface area contributed by atoms with Gasteiger partial charge in [0.1, 0.15) is 5.75 Å². The summed E-state index contributed by atoms with van der Waals surface area (Å²) in [5.74, 6) is 0.787. The Morgan fingerprint density at radius 1 is 1.23 bits per heavy atom. The Kier molecular flexibility index (Phi) is 4.34. The van der Waals surface area contributed by atoms with Crippen molar-refractivity contribution >= 4 is 33.1 Å². The molecule has 0 saturated heterocycles. The Hall–Kier alpha value is -2.40. The summed E-state index contributed by atoms with van der Waals surface area (Å²) in [7, 11) is 0. The standard InChI is InChI=1S/C17H16N2O2S/c1-2-21-14-6-3-12(4-7-14)9-17(20)19-13-5-8-15-16(10-13)22-11-18-15/h3-8,10-11H,2,9H2,1H3,(H,19,20). The van der Waals surface area contributed by atoms with E-state index >= 15 is 0 Å². The molecule has 2 aromatic carbocycles. The van der Waals surface area contributed by atoms with E-state index in [0.29, 0.717) is 13.0 Å². The van der Waals surface area contributed by atoms with Gasteiger partial charge < -0.3 is 10.1 Å². The molecule has 1 aromatic heterocycles. The van der Waals surface area contributed by atoms with Gasteiger partial charge in [-0.05, 0) is 42.8 Å². The smallest absolute Gasteiger partial charge is 0.228 e. The molecule has 0 spiro atoms. The number of ether oxygens (including phenoxy) is 1. The molecule has 0 fully saturated rings. The van der Waals surface area contributed by atoms with Gasteiger partial charge in [-0.15, -0.1) is 11.3 Å². The maximum atomic E-state index is 12.1. The minimum Gasteiger partial charge on any atom is -0.494 e. The van der Waals surface area contributed by atoms with Crippen molar-refractivity contribution in [3.05, 3.63) is 53.5 Å². The van der Waals surface area contributed by atoms with E-state index in [4.69, 9.17) is 4.74 Å². The van der Waals surface area contributed by atoms with Crippen LogP contribution in [0, 0.1) is 0 Å². The summed E-state index contributed by atoms with van der Waals surface area (Å²) in [6, 6.07) is 13.3. The van der Waals surface area contributed by atoms with E-state index in [-0.39, 0.29) is 5.91 Å². The highest BCUT2D eigenvalue weighted by atomic mass is 32.1. The molecule has 1 amide bonds. The number of fused-ring (bicyclic) bond motifs is 1. The average molecular weight is 312 g/mol. The first kappa shape index (κ1) is 14.5. The van der Waals surface area contributed by atoms with Gasteiger partial charge in [-0.25, -0.2) is 4.98 Å². The molecule has 0 atom stereocenters. The van der Waals surface area contributed by atoms with Crippen LogP contribution in [-0.2, 0) is 11.2 Å².